The zero-order valence-electron chi connectivity index (χ0n) is 16.8. The lowest BCUT2D eigenvalue weighted by molar-refractivity contribution is 0.260. The van der Waals surface area contributed by atoms with Gasteiger partial charge in [0.1, 0.15) is 0 Å². The second-order valence-corrected chi connectivity index (χ2v) is 7.80. The summed E-state index contributed by atoms with van der Waals surface area (Å²) in [5.41, 5.74) is 6.43. The molecule has 0 radical (unpaired) electrons. The molecule has 4 rings (SSSR count). The summed E-state index contributed by atoms with van der Waals surface area (Å²) >= 11 is 1.73. The van der Waals surface area contributed by atoms with Gasteiger partial charge in [-0.15, -0.1) is 11.8 Å². The molecule has 0 bridgehead atoms. The fourth-order valence-corrected chi connectivity index (χ4v) is 4.10. The zero-order valence-corrected chi connectivity index (χ0v) is 17.6. The van der Waals surface area contributed by atoms with E-state index >= 15 is 0 Å². The third-order valence-corrected chi connectivity index (χ3v) is 5.90. The first-order valence-corrected chi connectivity index (χ1v) is 10.8. The normalized spacial score (nSPS) is 11.1. The van der Waals surface area contributed by atoms with Gasteiger partial charge in [-0.1, -0.05) is 41.6 Å². The molecule has 0 aliphatic heterocycles. The van der Waals surface area contributed by atoms with E-state index in [0.29, 0.717) is 22.8 Å². The number of benzene rings is 3. The average molecular weight is 419 g/mol. The van der Waals surface area contributed by atoms with Gasteiger partial charge in [0.2, 0.25) is 5.82 Å². The van der Waals surface area contributed by atoms with Crippen LogP contribution in [0.3, 0.4) is 0 Å². The number of aliphatic hydroxyl groups is 2. The van der Waals surface area contributed by atoms with E-state index in [1.165, 1.54) is 16.0 Å². The van der Waals surface area contributed by atoms with Gasteiger partial charge in [0, 0.05) is 16.0 Å². The standard InChI is InChI=1S/C24H22N2O3S/c1-15-11-17(9-10-20(15)21-5-3-4-6-22(21)30-2)24-25-23(26-29-24)16-7-8-18(13-27)19(12-16)14-28/h3-12,27-28H,13-14H2,1-2H3. The SMILES string of the molecule is CSc1ccccc1-c1ccc(-c2nc(-c3ccc(CO)c(CO)c3)no2)cc1C. The maximum Gasteiger partial charge on any atom is 0.258 e. The highest BCUT2D eigenvalue weighted by Gasteiger charge is 2.14. The Morgan fingerprint density at radius 3 is 2.37 bits per heavy atom. The van der Waals surface area contributed by atoms with E-state index in [9.17, 15) is 10.2 Å². The molecule has 0 aliphatic carbocycles. The fourth-order valence-electron chi connectivity index (χ4n) is 3.49. The summed E-state index contributed by atoms with van der Waals surface area (Å²) in [6.45, 7) is 1.79. The first-order chi connectivity index (χ1) is 14.6. The minimum Gasteiger partial charge on any atom is -0.392 e. The second kappa shape index (κ2) is 8.83. The number of aromatic nitrogens is 2. The maximum atomic E-state index is 9.52. The zero-order chi connectivity index (χ0) is 21.1. The van der Waals surface area contributed by atoms with Crippen LogP contribution in [0.2, 0.25) is 0 Å². The molecule has 4 aromatic rings. The van der Waals surface area contributed by atoms with Gasteiger partial charge in [0.05, 0.1) is 13.2 Å². The highest BCUT2D eigenvalue weighted by Crippen LogP contribution is 2.34. The van der Waals surface area contributed by atoms with Gasteiger partial charge in [0.25, 0.3) is 5.89 Å². The average Bonchev–Trinajstić information content (AvgIpc) is 3.29. The van der Waals surface area contributed by atoms with Crippen LogP contribution in [0.1, 0.15) is 16.7 Å². The third kappa shape index (κ3) is 3.89. The number of rotatable bonds is 6. The molecule has 0 saturated carbocycles. The molecule has 6 heteroatoms. The van der Waals surface area contributed by atoms with Crippen molar-refractivity contribution in [2.24, 2.45) is 0 Å². The summed E-state index contributed by atoms with van der Waals surface area (Å²) in [6, 6.07) is 19.8. The Hall–Kier alpha value is -2.93. The molecular formula is C24H22N2O3S. The molecular weight excluding hydrogens is 396 g/mol. The smallest absolute Gasteiger partial charge is 0.258 e. The van der Waals surface area contributed by atoms with E-state index in [1.54, 1.807) is 23.9 Å². The molecule has 30 heavy (non-hydrogen) atoms. The quantitative estimate of drug-likeness (QED) is 0.425. The Labute approximate surface area is 179 Å². The van der Waals surface area contributed by atoms with E-state index in [4.69, 9.17) is 4.52 Å². The molecule has 5 nitrogen and oxygen atoms in total. The molecule has 0 saturated heterocycles. The minimum atomic E-state index is -0.160. The van der Waals surface area contributed by atoms with E-state index in [-0.39, 0.29) is 13.2 Å². The Kier molecular flexibility index (Phi) is 5.99. The lowest BCUT2D eigenvalue weighted by Crippen LogP contribution is -1.95. The van der Waals surface area contributed by atoms with Crippen molar-refractivity contribution in [1.29, 1.82) is 0 Å². The van der Waals surface area contributed by atoms with Crippen molar-refractivity contribution in [3.05, 3.63) is 77.4 Å². The summed E-state index contributed by atoms with van der Waals surface area (Å²) in [5, 5.41) is 23.0. The molecule has 1 aromatic heterocycles. The third-order valence-electron chi connectivity index (χ3n) is 5.10. The summed E-state index contributed by atoms with van der Waals surface area (Å²) in [6.07, 6.45) is 2.08. The number of aliphatic hydroxyl groups excluding tert-OH is 2. The molecule has 0 unspecified atom stereocenters. The second-order valence-electron chi connectivity index (χ2n) is 6.95. The van der Waals surface area contributed by atoms with Crippen LogP contribution in [0.15, 0.2) is 70.1 Å². The van der Waals surface area contributed by atoms with Crippen molar-refractivity contribution in [2.75, 3.05) is 6.26 Å². The van der Waals surface area contributed by atoms with Crippen molar-refractivity contribution >= 4 is 11.8 Å². The van der Waals surface area contributed by atoms with Crippen LogP contribution < -0.4 is 0 Å². The molecule has 3 aromatic carbocycles. The lowest BCUT2D eigenvalue weighted by atomic mass is 9.98. The van der Waals surface area contributed by atoms with Crippen LogP contribution in [-0.4, -0.2) is 26.6 Å². The Bertz CT molecular complexity index is 1190. The van der Waals surface area contributed by atoms with Gasteiger partial charge in [-0.3, -0.25) is 0 Å². The maximum absolute atomic E-state index is 9.52. The van der Waals surface area contributed by atoms with Gasteiger partial charge in [-0.2, -0.15) is 4.98 Å². The monoisotopic (exact) mass is 418 g/mol. The fraction of sp³-hybridized carbons (Fsp3) is 0.167. The molecule has 0 spiro atoms. The first-order valence-electron chi connectivity index (χ1n) is 9.56. The number of aryl methyl sites for hydroxylation is 1. The molecule has 2 N–H and O–H groups in total. The molecule has 0 atom stereocenters. The van der Waals surface area contributed by atoms with Crippen LogP contribution in [0.25, 0.3) is 34.0 Å². The molecule has 0 amide bonds. The number of nitrogens with zero attached hydrogens (tertiary/aromatic N) is 2. The summed E-state index contributed by atoms with van der Waals surface area (Å²) in [4.78, 5) is 5.77. The van der Waals surface area contributed by atoms with Gasteiger partial charge < -0.3 is 14.7 Å². The van der Waals surface area contributed by atoms with E-state index < -0.39 is 0 Å². The summed E-state index contributed by atoms with van der Waals surface area (Å²) in [7, 11) is 0. The Morgan fingerprint density at radius 2 is 1.63 bits per heavy atom. The lowest BCUT2D eigenvalue weighted by Gasteiger charge is -2.11. The van der Waals surface area contributed by atoms with Crippen molar-refractivity contribution < 1.29 is 14.7 Å². The molecule has 0 fully saturated rings. The number of thioether (sulfide) groups is 1. The first kappa shape index (κ1) is 20.3. The van der Waals surface area contributed by atoms with Gasteiger partial charge in [-0.25, -0.2) is 0 Å². The highest BCUT2D eigenvalue weighted by molar-refractivity contribution is 7.98. The van der Waals surface area contributed by atoms with Crippen molar-refractivity contribution in [3.63, 3.8) is 0 Å². The summed E-state index contributed by atoms with van der Waals surface area (Å²) in [5.74, 6) is 0.883. The molecule has 152 valence electrons. The Balaban J connectivity index is 1.67. The topological polar surface area (TPSA) is 79.4 Å². The minimum absolute atomic E-state index is 0.126. The predicted molar refractivity (Wildman–Crippen MR) is 119 cm³/mol. The van der Waals surface area contributed by atoms with E-state index in [2.05, 4.69) is 53.7 Å². The Morgan fingerprint density at radius 1 is 0.867 bits per heavy atom. The predicted octanol–water partition coefficient (Wildman–Crippen LogP) is 5.09. The van der Waals surface area contributed by atoms with Crippen molar-refractivity contribution in [3.8, 4) is 34.0 Å². The van der Waals surface area contributed by atoms with Crippen LogP contribution in [0, 0.1) is 6.92 Å². The van der Waals surface area contributed by atoms with Crippen LogP contribution in [0.4, 0.5) is 0 Å². The van der Waals surface area contributed by atoms with Crippen LogP contribution in [0.5, 0.6) is 0 Å². The van der Waals surface area contributed by atoms with Crippen LogP contribution >= 0.6 is 11.8 Å². The molecule has 1 heterocycles. The van der Waals surface area contributed by atoms with Gasteiger partial charge in [0.15, 0.2) is 0 Å². The number of hydrogen-bond donors (Lipinski definition) is 2. The highest BCUT2D eigenvalue weighted by atomic mass is 32.2. The van der Waals surface area contributed by atoms with Crippen molar-refractivity contribution in [1.82, 2.24) is 10.1 Å². The summed E-state index contributed by atoms with van der Waals surface area (Å²) < 4.78 is 5.50. The number of hydrogen-bond acceptors (Lipinski definition) is 6. The molecule has 0 aliphatic rings. The van der Waals surface area contributed by atoms with E-state index in [0.717, 1.165) is 16.7 Å². The van der Waals surface area contributed by atoms with Gasteiger partial charge >= 0.3 is 0 Å². The van der Waals surface area contributed by atoms with Crippen LogP contribution in [-0.2, 0) is 13.2 Å². The largest absolute Gasteiger partial charge is 0.392 e. The van der Waals surface area contributed by atoms with E-state index in [1.807, 2.05) is 18.2 Å². The van der Waals surface area contributed by atoms with Crippen molar-refractivity contribution in [2.45, 2.75) is 25.0 Å². The van der Waals surface area contributed by atoms with Gasteiger partial charge in [-0.05, 0) is 65.3 Å².